The van der Waals surface area contributed by atoms with Crippen LogP contribution in [0, 0.1) is 11.3 Å². The lowest BCUT2D eigenvalue weighted by Crippen LogP contribution is -2.22. The van der Waals surface area contributed by atoms with Crippen LogP contribution in [0.15, 0.2) is 10.6 Å². The fourth-order valence-electron chi connectivity index (χ4n) is 1.54. The van der Waals surface area contributed by atoms with E-state index in [1.54, 1.807) is 13.0 Å². The first-order valence-electron chi connectivity index (χ1n) is 5.26. The van der Waals surface area contributed by atoms with Gasteiger partial charge in [-0.3, -0.25) is 4.79 Å². The minimum Gasteiger partial charge on any atom is -0.465 e. The van der Waals surface area contributed by atoms with Crippen LogP contribution in [0.4, 0.5) is 0 Å². The molecule has 0 aliphatic carbocycles. The molecular formula is C10H14N2O4S. The Morgan fingerprint density at radius 1 is 1.59 bits per heavy atom. The van der Waals surface area contributed by atoms with Gasteiger partial charge in [-0.25, -0.2) is 8.42 Å². The Morgan fingerprint density at radius 3 is 2.76 bits per heavy atom. The number of sulfone groups is 1. The second-order valence-corrected chi connectivity index (χ2v) is 5.44. The molecule has 0 aromatic heterocycles. The van der Waals surface area contributed by atoms with Gasteiger partial charge in [0.05, 0.1) is 6.61 Å². The van der Waals surface area contributed by atoms with Crippen molar-refractivity contribution in [1.29, 1.82) is 5.26 Å². The number of rotatable bonds is 4. The van der Waals surface area contributed by atoms with E-state index in [9.17, 15) is 13.2 Å². The molecule has 0 amide bonds. The van der Waals surface area contributed by atoms with E-state index in [0.29, 0.717) is 18.7 Å². The number of ether oxygens (including phenoxy) is 1. The van der Waals surface area contributed by atoms with Crippen molar-refractivity contribution < 1.29 is 17.9 Å². The zero-order valence-electron chi connectivity index (χ0n) is 9.52. The van der Waals surface area contributed by atoms with E-state index in [1.807, 2.05) is 0 Å². The summed E-state index contributed by atoms with van der Waals surface area (Å²) in [5, 5.41) is 11.7. The number of nitrogens with one attached hydrogen (secondary N) is 1. The average Bonchev–Trinajstić information content (AvgIpc) is 2.70. The van der Waals surface area contributed by atoms with E-state index >= 15 is 0 Å². The summed E-state index contributed by atoms with van der Waals surface area (Å²) >= 11 is 0. The number of hydrogen-bond acceptors (Lipinski definition) is 6. The summed E-state index contributed by atoms with van der Waals surface area (Å²) in [5.74, 6) is -1.62. The van der Waals surface area contributed by atoms with Crippen molar-refractivity contribution in [3.63, 3.8) is 0 Å². The van der Waals surface area contributed by atoms with E-state index in [0.717, 1.165) is 6.42 Å². The molecule has 6 nitrogen and oxygen atoms in total. The number of carbonyl (C=O) groups excluding carboxylic acids is 1. The maximum Gasteiger partial charge on any atom is 0.321 e. The van der Waals surface area contributed by atoms with E-state index in [2.05, 4.69) is 10.1 Å². The van der Waals surface area contributed by atoms with Gasteiger partial charge in [-0.15, -0.1) is 0 Å². The van der Waals surface area contributed by atoms with Gasteiger partial charge in [0.2, 0.25) is 9.84 Å². The molecule has 1 heterocycles. The van der Waals surface area contributed by atoms with Crippen molar-refractivity contribution in [2.45, 2.75) is 19.8 Å². The van der Waals surface area contributed by atoms with Crippen molar-refractivity contribution in [1.82, 2.24) is 5.32 Å². The Kier molecular flexibility index (Phi) is 4.52. The maximum absolute atomic E-state index is 11.8. The third-order valence-corrected chi connectivity index (χ3v) is 3.82. The Bertz CT molecular complexity index is 465. The lowest BCUT2D eigenvalue weighted by atomic mass is 10.3. The summed E-state index contributed by atoms with van der Waals surface area (Å²) in [5.41, 5.74) is 0.400. The highest BCUT2D eigenvalue weighted by molar-refractivity contribution is 7.96. The van der Waals surface area contributed by atoms with Crippen LogP contribution in [0.25, 0.3) is 0 Å². The zero-order chi connectivity index (χ0) is 12.9. The first kappa shape index (κ1) is 13.5. The lowest BCUT2D eigenvalue weighted by Gasteiger charge is -2.06. The molecule has 1 aliphatic heterocycles. The van der Waals surface area contributed by atoms with Gasteiger partial charge in [0.1, 0.15) is 6.07 Å². The van der Waals surface area contributed by atoms with Crippen LogP contribution in [0.1, 0.15) is 19.8 Å². The minimum absolute atomic E-state index is 0.116. The molecule has 0 spiro atoms. The molecule has 1 fully saturated rings. The SMILES string of the molecule is CCOC(=O)CS(=O)(=O)/C(C#N)=C1\CCCN1. The summed E-state index contributed by atoms with van der Waals surface area (Å²) in [6.07, 6.45) is 1.31. The predicted molar refractivity (Wildman–Crippen MR) is 60.3 cm³/mol. The number of hydrogen-bond donors (Lipinski definition) is 1. The van der Waals surface area contributed by atoms with Crippen molar-refractivity contribution in [3.05, 3.63) is 10.6 Å². The van der Waals surface area contributed by atoms with Crippen molar-refractivity contribution in [2.75, 3.05) is 18.9 Å². The highest BCUT2D eigenvalue weighted by Crippen LogP contribution is 2.19. The number of esters is 1. The Labute approximate surface area is 100 Å². The van der Waals surface area contributed by atoms with E-state index in [1.165, 1.54) is 0 Å². The summed E-state index contributed by atoms with van der Waals surface area (Å²) < 4.78 is 28.2. The second kappa shape index (κ2) is 5.68. The van der Waals surface area contributed by atoms with Crippen molar-refractivity contribution in [2.24, 2.45) is 0 Å². The zero-order valence-corrected chi connectivity index (χ0v) is 10.3. The van der Waals surface area contributed by atoms with E-state index < -0.39 is 21.6 Å². The highest BCUT2D eigenvalue weighted by atomic mass is 32.2. The van der Waals surface area contributed by atoms with Gasteiger partial charge in [0.25, 0.3) is 0 Å². The smallest absolute Gasteiger partial charge is 0.321 e. The number of allylic oxidation sites excluding steroid dienone is 2. The van der Waals surface area contributed by atoms with Crippen LogP contribution in [0.2, 0.25) is 0 Å². The van der Waals surface area contributed by atoms with Gasteiger partial charge in [-0.05, 0) is 19.8 Å². The molecule has 7 heteroatoms. The van der Waals surface area contributed by atoms with Crippen molar-refractivity contribution in [3.8, 4) is 6.07 Å². The van der Waals surface area contributed by atoms with Gasteiger partial charge in [0.15, 0.2) is 10.7 Å². The third kappa shape index (κ3) is 3.46. The second-order valence-electron chi connectivity index (χ2n) is 3.51. The molecule has 0 aromatic rings. The summed E-state index contributed by atoms with van der Waals surface area (Å²) in [7, 11) is -3.90. The molecule has 0 unspecified atom stereocenters. The van der Waals surface area contributed by atoms with Gasteiger partial charge in [-0.1, -0.05) is 0 Å². The van der Waals surface area contributed by atoms with Crippen LogP contribution in [0.3, 0.4) is 0 Å². The fraction of sp³-hybridized carbons (Fsp3) is 0.600. The average molecular weight is 258 g/mol. The Balaban J connectivity index is 2.92. The molecule has 1 aliphatic rings. The summed E-state index contributed by atoms with van der Waals surface area (Å²) in [6.45, 7) is 2.35. The standard InChI is InChI=1S/C10H14N2O4S/c1-2-16-10(13)7-17(14,15)9(6-11)8-4-3-5-12-8/h12H,2-5,7H2,1H3/b9-8+. The van der Waals surface area contributed by atoms with Crippen LogP contribution >= 0.6 is 0 Å². The van der Waals surface area contributed by atoms with E-state index in [4.69, 9.17) is 5.26 Å². The van der Waals surface area contributed by atoms with Gasteiger partial charge in [-0.2, -0.15) is 5.26 Å². The molecule has 1 rings (SSSR count). The summed E-state index contributed by atoms with van der Waals surface area (Å²) in [6, 6.07) is 1.65. The van der Waals surface area contributed by atoms with Crippen LogP contribution in [-0.2, 0) is 19.4 Å². The first-order valence-corrected chi connectivity index (χ1v) is 6.92. The largest absolute Gasteiger partial charge is 0.465 e. The maximum atomic E-state index is 11.8. The Morgan fingerprint density at radius 2 is 2.29 bits per heavy atom. The topological polar surface area (TPSA) is 96.3 Å². The molecule has 0 aromatic carbocycles. The van der Waals surface area contributed by atoms with Crippen LogP contribution in [0.5, 0.6) is 0 Å². The third-order valence-electron chi connectivity index (χ3n) is 2.24. The number of nitrogens with zero attached hydrogens (tertiary/aromatic N) is 1. The number of carbonyl (C=O) groups is 1. The van der Waals surface area contributed by atoms with Crippen LogP contribution in [-0.4, -0.2) is 33.3 Å². The molecule has 0 bridgehead atoms. The molecule has 1 N–H and O–H groups in total. The Hall–Kier alpha value is -1.55. The monoisotopic (exact) mass is 258 g/mol. The van der Waals surface area contributed by atoms with Gasteiger partial charge < -0.3 is 10.1 Å². The molecule has 0 saturated carbocycles. The van der Waals surface area contributed by atoms with Gasteiger partial charge >= 0.3 is 5.97 Å². The fourth-order valence-corrected chi connectivity index (χ4v) is 2.77. The number of nitriles is 1. The molecule has 1 saturated heterocycles. The van der Waals surface area contributed by atoms with Crippen LogP contribution < -0.4 is 5.32 Å². The summed E-state index contributed by atoms with van der Waals surface area (Å²) in [4.78, 5) is 10.8. The lowest BCUT2D eigenvalue weighted by molar-refractivity contribution is -0.139. The molecule has 0 atom stereocenters. The van der Waals surface area contributed by atoms with E-state index in [-0.39, 0.29) is 11.5 Å². The molecular weight excluding hydrogens is 244 g/mol. The molecule has 0 radical (unpaired) electrons. The highest BCUT2D eigenvalue weighted by Gasteiger charge is 2.27. The molecule has 17 heavy (non-hydrogen) atoms. The molecule has 94 valence electrons. The van der Waals surface area contributed by atoms with Crippen molar-refractivity contribution >= 4 is 15.8 Å². The first-order chi connectivity index (χ1) is 8.01. The quantitative estimate of drug-likeness (QED) is 0.566. The van der Waals surface area contributed by atoms with Gasteiger partial charge in [0, 0.05) is 12.2 Å². The minimum atomic E-state index is -3.90. The predicted octanol–water partition coefficient (Wildman–Crippen LogP) is 0.0829. The normalized spacial score (nSPS) is 18.1.